The van der Waals surface area contributed by atoms with Gasteiger partial charge in [-0.15, -0.1) is 0 Å². The molecule has 0 unspecified atom stereocenters. The third-order valence-corrected chi connectivity index (χ3v) is 3.87. The van der Waals surface area contributed by atoms with Crippen molar-refractivity contribution in [2.45, 2.75) is 65.0 Å². The number of unbranched alkanes of at least 4 members (excludes halogenated alkanes) is 2. The van der Waals surface area contributed by atoms with Crippen LogP contribution in [0.5, 0.6) is 0 Å². The molecule has 1 heterocycles. The Bertz CT molecular complexity index is 380. The maximum absolute atomic E-state index is 4.59. The first-order chi connectivity index (χ1) is 9.83. The molecule has 112 valence electrons. The van der Waals surface area contributed by atoms with Crippen LogP contribution in [-0.2, 0) is 6.54 Å². The fourth-order valence-electron chi connectivity index (χ4n) is 2.33. The lowest BCUT2D eigenvalue weighted by atomic mass is 10.2. The monoisotopic (exact) mass is 275 g/mol. The first-order valence-electron chi connectivity index (χ1n) is 8.26. The molecule has 20 heavy (non-hydrogen) atoms. The van der Waals surface area contributed by atoms with Crippen LogP contribution in [0, 0.1) is 0 Å². The van der Waals surface area contributed by atoms with Crippen molar-refractivity contribution >= 4 is 5.82 Å². The van der Waals surface area contributed by atoms with Crippen molar-refractivity contribution in [3.8, 4) is 0 Å². The zero-order valence-corrected chi connectivity index (χ0v) is 13.1. The van der Waals surface area contributed by atoms with Gasteiger partial charge >= 0.3 is 0 Å². The zero-order chi connectivity index (χ0) is 14.2. The van der Waals surface area contributed by atoms with Crippen LogP contribution in [0.2, 0.25) is 0 Å². The van der Waals surface area contributed by atoms with Gasteiger partial charge in [0.15, 0.2) is 0 Å². The topological polar surface area (TPSA) is 28.2 Å². The Balaban J connectivity index is 1.95. The second-order valence-electron chi connectivity index (χ2n) is 5.87. The second-order valence-corrected chi connectivity index (χ2v) is 5.87. The van der Waals surface area contributed by atoms with Crippen LogP contribution in [0.25, 0.3) is 0 Å². The highest BCUT2D eigenvalue weighted by atomic mass is 15.2. The van der Waals surface area contributed by atoms with Crippen molar-refractivity contribution in [3.05, 3.63) is 23.9 Å². The van der Waals surface area contributed by atoms with Crippen LogP contribution >= 0.6 is 0 Å². The lowest BCUT2D eigenvalue weighted by Crippen LogP contribution is -2.26. The van der Waals surface area contributed by atoms with Crippen LogP contribution in [0.1, 0.15) is 57.9 Å². The van der Waals surface area contributed by atoms with Gasteiger partial charge in [0.05, 0.1) is 0 Å². The highest BCUT2D eigenvalue weighted by molar-refractivity contribution is 5.41. The van der Waals surface area contributed by atoms with E-state index in [9.17, 15) is 0 Å². The molecule has 1 N–H and O–H groups in total. The molecular weight excluding hydrogens is 246 g/mol. The zero-order valence-electron chi connectivity index (χ0n) is 13.1. The van der Waals surface area contributed by atoms with Crippen LogP contribution in [0.4, 0.5) is 5.82 Å². The summed E-state index contributed by atoms with van der Waals surface area (Å²) in [6.45, 7) is 7.74. The van der Waals surface area contributed by atoms with E-state index in [1.165, 1.54) is 44.1 Å². The van der Waals surface area contributed by atoms with E-state index in [-0.39, 0.29) is 0 Å². The van der Waals surface area contributed by atoms with Gasteiger partial charge in [0.25, 0.3) is 0 Å². The molecule has 3 nitrogen and oxygen atoms in total. The van der Waals surface area contributed by atoms with Gasteiger partial charge in [-0.1, -0.05) is 26.7 Å². The number of anilines is 1. The molecule has 1 aliphatic carbocycles. The maximum Gasteiger partial charge on any atom is 0.128 e. The van der Waals surface area contributed by atoms with Crippen LogP contribution in [0.15, 0.2) is 18.3 Å². The fraction of sp³-hybridized carbons (Fsp3) is 0.706. The predicted octanol–water partition coefficient (Wildman–Crippen LogP) is 3.74. The third kappa shape index (κ3) is 5.12. The minimum absolute atomic E-state index is 0.767. The molecule has 0 aromatic carbocycles. The lowest BCUT2D eigenvalue weighted by Gasteiger charge is -2.24. The summed E-state index contributed by atoms with van der Waals surface area (Å²) < 4.78 is 0. The molecule has 0 radical (unpaired) electrons. The fourth-order valence-corrected chi connectivity index (χ4v) is 2.33. The number of hydrogen-bond acceptors (Lipinski definition) is 3. The molecule has 1 aromatic heterocycles. The summed E-state index contributed by atoms with van der Waals surface area (Å²) in [6, 6.07) is 5.17. The summed E-state index contributed by atoms with van der Waals surface area (Å²) in [5.74, 6) is 1.15. The quantitative estimate of drug-likeness (QED) is 0.705. The van der Waals surface area contributed by atoms with Gasteiger partial charge in [0.2, 0.25) is 0 Å². The van der Waals surface area contributed by atoms with Gasteiger partial charge < -0.3 is 10.2 Å². The van der Waals surface area contributed by atoms with Crippen LogP contribution in [-0.4, -0.2) is 24.1 Å². The molecular formula is C17H29N3. The second kappa shape index (κ2) is 8.25. The van der Waals surface area contributed by atoms with Gasteiger partial charge in [-0.2, -0.15) is 0 Å². The van der Waals surface area contributed by atoms with E-state index in [4.69, 9.17) is 0 Å². The molecule has 3 heteroatoms. The number of rotatable bonds is 10. The predicted molar refractivity (Wildman–Crippen MR) is 86.1 cm³/mol. The Morgan fingerprint density at radius 3 is 2.50 bits per heavy atom. The molecule has 2 rings (SSSR count). The normalized spacial score (nSPS) is 14.5. The van der Waals surface area contributed by atoms with Crippen molar-refractivity contribution in [1.29, 1.82) is 0 Å². The lowest BCUT2D eigenvalue weighted by molar-refractivity contribution is 0.666. The standard InChI is InChI=1S/C17H29N3/c1-3-5-11-20(12-6-4-2)17-13-15(9-10-18-17)14-19-16-7-8-16/h9-10,13,16,19H,3-8,11-12,14H2,1-2H3. The van der Waals surface area contributed by atoms with Crippen molar-refractivity contribution in [3.63, 3.8) is 0 Å². The first kappa shape index (κ1) is 15.3. The van der Waals surface area contributed by atoms with Crippen molar-refractivity contribution < 1.29 is 0 Å². The van der Waals surface area contributed by atoms with E-state index in [0.29, 0.717) is 0 Å². The number of nitrogens with one attached hydrogen (secondary N) is 1. The summed E-state index contributed by atoms with van der Waals surface area (Å²) in [5, 5.41) is 3.58. The maximum atomic E-state index is 4.59. The minimum atomic E-state index is 0.767. The van der Waals surface area contributed by atoms with E-state index in [0.717, 1.165) is 31.5 Å². The number of nitrogens with zero attached hydrogens (tertiary/aromatic N) is 2. The van der Waals surface area contributed by atoms with Crippen LogP contribution < -0.4 is 10.2 Å². The van der Waals surface area contributed by atoms with Crippen molar-refractivity contribution in [1.82, 2.24) is 10.3 Å². The van der Waals surface area contributed by atoms with Crippen molar-refractivity contribution in [2.24, 2.45) is 0 Å². The van der Waals surface area contributed by atoms with Crippen LogP contribution in [0.3, 0.4) is 0 Å². The number of aromatic nitrogens is 1. The Morgan fingerprint density at radius 1 is 1.20 bits per heavy atom. The summed E-state index contributed by atoms with van der Waals surface area (Å²) in [4.78, 5) is 7.04. The number of hydrogen-bond donors (Lipinski definition) is 1. The Morgan fingerprint density at radius 2 is 1.90 bits per heavy atom. The molecule has 0 aliphatic heterocycles. The smallest absolute Gasteiger partial charge is 0.128 e. The van der Waals surface area contributed by atoms with Crippen molar-refractivity contribution in [2.75, 3.05) is 18.0 Å². The van der Waals surface area contributed by atoms with E-state index < -0.39 is 0 Å². The van der Waals surface area contributed by atoms with E-state index in [1.54, 1.807) is 0 Å². The Hall–Kier alpha value is -1.09. The average Bonchev–Trinajstić information content (AvgIpc) is 3.30. The molecule has 1 aliphatic rings. The van der Waals surface area contributed by atoms with Gasteiger partial charge in [-0.05, 0) is 43.4 Å². The van der Waals surface area contributed by atoms with E-state index >= 15 is 0 Å². The molecule has 0 amide bonds. The molecule has 0 bridgehead atoms. The van der Waals surface area contributed by atoms with Gasteiger partial charge in [-0.25, -0.2) is 4.98 Å². The highest BCUT2D eigenvalue weighted by Crippen LogP contribution is 2.20. The van der Waals surface area contributed by atoms with E-state index in [2.05, 4.69) is 41.2 Å². The summed E-state index contributed by atoms with van der Waals surface area (Å²) in [5.41, 5.74) is 1.36. The first-order valence-corrected chi connectivity index (χ1v) is 8.26. The molecule has 1 aromatic rings. The third-order valence-electron chi connectivity index (χ3n) is 3.87. The molecule has 0 saturated heterocycles. The minimum Gasteiger partial charge on any atom is -0.357 e. The summed E-state index contributed by atoms with van der Waals surface area (Å²) in [6.07, 6.45) is 9.63. The van der Waals surface area contributed by atoms with E-state index in [1.807, 2.05) is 6.20 Å². The number of pyridine rings is 1. The Labute approximate surface area is 123 Å². The SMILES string of the molecule is CCCCN(CCCC)c1cc(CNC2CC2)ccn1. The molecule has 0 spiro atoms. The summed E-state index contributed by atoms with van der Waals surface area (Å²) in [7, 11) is 0. The highest BCUT2D eigenvalue weighted by Gasteiger charge is 2.20. The average molecular weight is 275 g/mol. The largest absolute Gasteiger partial charge is 0.357 e. The van der Waals surface area contributed by atoms with Gasteiger partial charge in [-0.3, -0.25) is 0 Å². The molecule has 0 atom stereocenters. The Kier molecular flexibility index (Phi) is 6.31. The molecule has 1 fully saturated rings. The summed E-state index contributed by atoms with van der Waals surface area (Å²) >= 11 is 0. The van der Waals surface area contributed by atoms with Gasteiger partial charge in [0, 0.05) is 31.9 Å². The van der Waals surface area contributed by atoms with Gasteiger partial charge in [0.1, 0.15) is 5.82 Å². The molecule has 1 saturated carbocycles.